The summed E-state index contributed by atoms with van der Waals surface area (Å²) in [5, 5.41) is 1.71. The summed E-state index contributed by atoms with van der Waals surface area (Å²) >= 11 is 4.70. The summed E-state index contributed by atoms with van der Waals surface area (Å²) in [5.41, 5.74) is 3.07. The second kappa shape index (κ2) is 8.82. The molecule has 0 radical (unpaired) electrons. The quantitative estimate of drug-likeness (QED) is 0.548. The Kier molecular flexibility index (Phi) is 9.20. The molecule has 6 heteroatoms. The molecule has 0 aliphatic heterocycles. The van der Waals surface area contributed by atoms with Crippen LogP contribution in [0.2, 0.25) is 32.7 Å². The zero-order chi connectivity index (χ0) is 16.8. The summed E-state index contributed by atoms with van der Waals surface area (Å²) in [6.07, 6.45) is 12.2. The second-order valence-corrected chi connectivity index (χ2v) is 23.5. The van der Waals surface area contributed by atoms with Gasteiger partial charge >= 0.3 is 155 Å². The van der Waals surface area contributed by atoms with Gasteiger partial charge in [0.25, 0.3) is 0 Å². The van der Waals surface area contributed by atoms with Crippen LogP contribution in [-0.4, -0.2) is 19.7 Å². The molecule has 0 amide bonds. The van der Waals surface area contributed by atoms with Gasteiger partial charge < -0.3 is 24.8 Å². The molecule has 2 aliphatic carbocycles. The number of hydrogen-bond donors (Lipinski definition) is 0. The van der Waals surface area contributed by atoms with Crippen molar-refractivity contribution >= 4 is 26.5 Å². The Morgan fingerprint density at radius 3 is 2.08 bits per heavy atom. The van der Waals surface area contributed by atoms with Gasteiger partial charge in [0.05, 0.1) is 0 Å². The maximum Gasteiger partial charge on any atom is -1.00 e. The molecular formula is C18H29Cl2SSi2Ti. The van der Waals surface area contributed by atoms with Crippen LogP contribution in [0, 0.1) is 0 Å². The second-order valence-electron chi connectivity index (χ2n) is 8.14. The monoisotopic (exact) mass is 451 g/mol. The first-order valence-corrected chi connectivity index (χ1v) is 17.0. The molecular weight excluding hydrogens is 423 g/mol. The molecule has 0 aromatic rings. The van der Waals surface area contributed by atoms with Crippen molar-refractivity contribution in [1.29, 1.82) is 0 Å². The van der Waals surface area contributed by atoms with E-state index in [0.717, 1.165) is 6.42 Å². The SMILES string of the molecule is CC1=CCC(S[Si](C)(C)C)([Si](C)(C)C2=[C]([Ti+2])CC=C2)C(C)=C1.[Cl-].[Cl-]. The Morgan fingerprint density at radius 2 is 1.67 bits per heavy atom. The third-order valence-electron chi connectivity index (χ3n) is 4.89. The third-order valence-corrected chi connectivity index (χ3v) is 17.2. The van der Waals surface area contributed by atoms with Gasteiger partial charge in [-0.15, -0.1) is 0 Å². The zero-order valence-electron chi connectivity index (χ0n) is 15.9. The van der Waals surface area contributed by atoms with Crippen molar-refractivity contribution in [2.24, 2.45) is 0 Å². The fraction of sp³-hybridized carbons (Fsp3) is 0.556. The number of hydrogen-bond acceptors (Lipinski definition) is 1. The van der Waals surface area contributed by atoms with Gasteiger partial charge in [-0.1, -0.05) is 0 Å². The van der Waals surface area contributed by atoms with Crippen LogP contribution < -0.4 is 24.8 Å². The van der Waals surface area contributed by atoms with E-state index in [1.165, 1.54) is 12.0 Å². The normalized spacial score (nSPS) is 24.2. The van der Waals surface area contributed by atoms with Crippen LogP contribution >= 0.6 is 11.2 Å². The fourth-order valence-corrected chi connectivity index (χ4v) is 20.8. The van der Waals surface area contributed by atoms with E-state index in [0.29, 0.717) is 4.37 Å². The summed E-state index contributed by atoms with van der Waals surface area (Å²) in [5.74, 6) is 0. The molecule has 0 saturated heterocycles. The van der Waals surface area contributed by atoms with Crippen molar-refractivity contribution in [3.05, 3.63) is 44.5 Å². The van der Waals surface area contributed by atoms with Crippen molar-refractivity contribution in [3.63, 3.8) is 0 Å². The van der Waals surface area contributed by atoms with Gasteiger partial charge in [-0.3, -0.25) is 0 Å². The number of halogens is 2. The molecule has 24 heavy (non-hydrogen) atoms. The van der Waals surface area contributed by atoms with Crippen LogP contribution in [0.4, 0.5) is 0 Å². The Balaban J connectivity index is 0.00000264. The predicted octanol–water partition coefficient (Wildman–Crippen LogP) is 0.145. The fourth-order valence-electron chi connectivity index (χ4n) is 3.81. The standard InChI is InChI=1S/C18H29SSi2.2ClH.Ti/c1-15-12-13-18(16(2)14-15,19-20(3,4)5)21(6,7)17-10-8-9-11-17;;;/h8,10,12,14H,9,13H2,1-7H3;2*1H;/q;;;+2/p-2. The maximum atomic E-state index is 2.61. The van der Waals surface area contributed by atoms with Crippen LogP contribution in [0.1, 0.15) is 26.7 Å². The Labute approximate surface area is 179 Å². The molecule has 0 heterocycles. The van der Waals surface area contributed by atoms with E-state index in [2.05, 4.69) is 103 Å². The van der Waals surface area contributed by atoms with Crippen LogP contribution in [0.25, 0.3) is 0 Å². The van der Waals surface area contributed by atoms with Gasteiger partial charge in [-0.25, -0.2) is 0 Å². The minimum absolute atomic E-state index is 0. The van der Waals surface area contributed by atoms with Gasteiger partial charge in [0, 0.05) is 0 Å². The molecule has 1 atom stereocenters. The molecule has 0 bridgehead atoms. The van der Waals surface area contributed by atoms with E-state index >= 15 is 0 Å². The minimum Gasteiger partial charge on any atom is -1.00 e. The molecule has 1 unspecified atom stereocenters. The minimum atomic E-state index is -1.61. The van der Waals surface area contributed by atoms with E-state index in [4.69, 9.17) is 0 Å². The summed E-state index contributed by atoms with van der Waals surface area (Å²) in [6.45, 7) is 17.4. The third kappa shape index (κ3) is 4.85. The van der Waals surface area contributed by atoms with Crippen molar-refractivity contribution in [1.82, 2.24) is 0 Å². The van der Waals surface area contributed by atoms with Crippen molar-refractivity contribution in [3.8, 4) is 0 Å². The van der Waals surface area contributed by atoms with Gasteiger partial charge in [0.15, 0.2) is 0 Å². The summed E-state index contributed by atoms with van der Waals surface area (Å²) in [6, 6.07) is 0. The van der Waals surface area contributed by atoms with E-state index in [1.54, 1.807) is 14.6 Å². The van der Waals surface area contributed by atoms with Crippen LogP contribution in [-0.2, 0) is 20.4 Å². The predicted molar refractivity (Wildman–Crippen MR) is 104 cm³/mol. The average molecular weight is 452 g/mol. The molecule has 2 rings (SSSR count). The van der Waals surface area contributed by atoms with Gasteiger partial charge in [-0.2, -0.15) is 0 Å². The van der Waals surface area contributed by atoms with E-state index in [1.807, 2.05) is 0 Å². The van der Waals surface area contributed by atoms with Crippen LogP contribution in [0.3, 0.4) is 0 Å². The molecule has 0 aromatic carbocycles. The largest absolute Gasteiger partial charge is 1.00 e. The summed E-state index contributed by atoms with van der Waals surface area (Å²) in [7, 11) is -2.84. The smallest absolute Gasteiger partial charge is 1.00 e. The van der Waals surface area contributed by atoms with Crippen molar-refractivity contribution in [2.75, 3.05) is 0 Å². The first-order valence-electron chi connectivity index (χ1n) is 8.17. The average Bonchev–Trinajstić information content (AvgIpc) is 2.78. The van der Waals surface area contributed by atoms with E-state index < -0.39 is 15.3 Å². The Hall–Kier alpha value is 1.04. The number of rotatable bonds is 4. The molecule has 2 aliphatic rings. The molecule has 0 N–H and O–H groups in total. The number of allylic oxidation sites excluding steroid dienone is 7. The zero-order valence-corrected chi connectivity index (χ0v) is 21.8. The van der Waals surface area contributed by atoms with Crippen molar-refractivity contribution < 1.29 is 45.2 Å². The van der Waals surface area contributed by atoms with Gasteiger partial charge in [-0.05, 0) is 0 Å². The first-order chi connectivity index (χ1) is 9.99. The van der Waals surface area contributed by atoms with Gasteiger partial charge in [0.1, 0.15) is 0 Å². The summed E-state index contributed by atoms with van der Waals surface area (Å²) in [4.78, 5) is 0. The van der Waals surface area contributed by atoms with Crippen molar-refractivity contribution in [2.45, 2.75) is 63.8 Å². The van der Waals surface area contributed by atoms with E-state index in [-0.39, 0.29) is 24.8 Å². The molecule has 0 aromatic heterocycles. The Morgan fingerprint density at radius 1 is 1.08 bits per heavy atom. The molecule has 0 fully saturated rings. The summed E-state index contributed by atoms with van der Waals surface area (Å²) < 4.78 is 1.95. The molecule has 133 valence electrons. The van der Waals surface area contributed by atoms with Crippen LogP contribution in [0.15, 0.2) is 44.5 Å². The maximum absolute atomic E-state index is 2.61. The molecule has 0 saturated carbocycles. The topological polar surface area (TPSA) is 0 Å². The van der Waals surface area contributed by atoms with E-state index in [9.17, 15) is 0 Å². The van der Waals surface area contributed by atoms with Gasteiger partial charge in [0.2, 0.25) is 0 Å². The molecule has 0 nitrogen and oxygen atoms in total. The molecule has 0 spiro atoms. The van der Waals surface area contributed by atoms with Crippen LogP contribution in [0.5, 0.6) is 0 Å². The first kappa shape index (κ1) is 25.0. The Bertz CT molecular complexity index is 601.